The zero-order valence-electron chi connectivity index (χ0n) is 13.8. The lowest BCUT2D eigenvalue weighted by molar-refractivity contribution is 0.208. The van der Waals surface area contributed by atoms with Crippen LogP contribution in [0, 0.1) is 13.8 Å². The molecule has 0 N–H and O–H groups in total. The van der Waals surface area contributed by atoms with Gasteiger partial charge in [0.2, 0.25) is 0 Å². The zero-order chi connectivity index (χ0) is 16.1. The first-order valence-electron chi connectivity index (χ1n) is 7.74. The van der Waals surface area contributed by atoms with Crippen LogP contribution < -0.4 is 4.74 Å². The predicted octanol–water partition coefficient (Wildman–Crippen LogP) is 4.78. The second-order valence-electron chi connectivity index (χ2n) is 6.04. The molecule has 2 rings (SSSR count). The molecule has 0 aliphatic heterocycles. The van der Waals surface area contributed by atoms with Crippen LogP contribution in [0.3, 0.4) is 0 Å². The Labute approximate surface area is 132 Å². The third-order valence-electron chi connectivity index (χ3n) is 3.80. The quantitative estimate of drug-likeness (QED) is 0.766. The highest BCUT2D eigenvalue weighted by molar-refractivity contribution is 5.44. The summed E-state index contributed by atoms with van der Waals surface area (Å²) in [5.41, 5.74) is 4.70. The van der Waals surface area contributed by atoms with Gasteiger partial charge in [0, 0.05) is 12.4 Å². The summed E-state index contributed by atoms with van der Waals surface area (Å²) in [4.78, 5) is 4.05. The molecule has 0 fully saturated rings. The number of benzene rings is 1. The van der Waals surface area contributed by atoms with Gasteiger partial charge in [-0.05, 0) is 67.5 Å². The molecule has 118 valence electrons. The Morgan fingerprint density at radius 2 is 1.68 bits per heavy atom. The maximum Gasteiger partial charge on any atom is 0.131 e. The molecule has 2 nitrogen and oxygen atoms in total. The van der Waals surface area contributed by atoms with Gasteiger partial charge in [-0.25, -0.2) is 4.39 Å². The highest BCUT2D eigenvalue weighted by Crippen LogP contribution is 2.30. The Kier molecular flexibility index (Phi) is 5.53. The largest absolute Gasteiger partial charge is 0.490 e. The van der Waals surface area contributed by atoms with Gasteiger partial charge in [0.1, 0.15) is 18.5 Å². The van der Waals surface area contributed by atoms with Crippen LogP contribution in [0.5, 0.6) is 5.75 Å². The van der Waals surface area contributed by atoms with Crippen molar-refractivity contribution >= 4 is 0 Å². The van der Waals surface area contributed by atoms with Gasteiger partial charge in [-0.2, -0.15) is 0 Å². The summed E-state index contributed by atoms with van der Waals surface area (Å²) in [5, 5.41) is 0. The third-order valence-corrected chi connectivity index (χ3v) is 3.80. The van der Waals surface area contributed by atoms with Crippen molar-refractivity contribution < 1.29 is 9.13 Å². The first kappa shape index (κ1) is 16.5. The summed E-state index contributed by atoms with van der Waals surface area (Å²) < 4.78 is 18.6. The van der Waals surface area contributed by atoms with E-state index in [1.165, 1.54) is 18.1 Å². The number of hydrogen-bond donors (Lipinski definition) is 0. The van der Waals surface area contributed by atoms with Crippen molar-refractivity contribution in [3.05, 3.63) is 58.9 Å². The van der Waals surface area contributed by atoms with Crippen LogP contribution in [0.15, 0.2) is 36.7 Å². The molecule has 0 aliphatic rings. The molecule has 0 saturated carbocycles. The summed E-state index contributed by atoms with van der Waals surface area (Å²) in [6, 6.07) is 8.40. The van der Waals surface area contributed by atoms with E-state index in [4.69, 9.17) is 4.74 Å². The molecule has 2 atom stereocenters. The van der Waals surface area contributed by atoms with E-state index in [-0.39, 0.29) is 6.61 Å². The molecule has 22 heavy (non-hydrogen) atoms. The van der Waals surface area contributed by atoms with Gasteiger partial charge in [-0.15, -0.1) is 0 Å². The average molecular weight is 301 g/mol. The molecule has 3 heteroatoms. The van der Waals surface area contributed by atoms with E-state index >= 15 is 0 Å². The number of pyridine rings is 1. The van der Waals surface area contributed by atoms with E-state index in [1.54, 1.807) is 0 Å². The summed E-state index contributed by atoms with van der Waals surface area (Å²) >= 11 is 0. The van der Waals surface area contributed by atoms with Crippen LogP contribution in [0.1, 0.15) is 42.0 Å². The number of ether oxygens (including phenoxy) is 1. The van der Waals surface area contributed by atoms with Crippen LogP contribution in [0.25, 0.3) is 0 Å². The van der Waals surface area contributed by atoms with Crippen molar-refractivity contribution in [2.75, 3.05) is 6.61 Å². The molecule has 1 aromatic carbocycles. The van der Waals surface area contributed by atoms with Gasteiger partial charge in [0.25, 0.3) is 0 Å². The lowest BCUT2D eigenvalue weighted by Gasteiger charge is -2.18. The smallest absolute Gasteiger partial charge is 0.131 e. The third kappa shape index (κ3) is 4.30. The number of hydrogen-bond acceptors (Lipinski definition) is 2. The highest BCUT2D eigenvalue weighted by Gasteiger charge is 2.13. The second kappa shape index (κ2) is 7.39. The monoisotopic (exact) mass is 301 g/mol. The lowest BCUT2D eigenvalue weighted by Crippen LogP contribution is -2.10. The molecule has 2 aromatic rings. The topological polar surface area (TPSA) is 22.1 Å². The SMILES string of the molecule is Cc1cc(C(C)Cc2ccncc2)cc(C)c1OC[C@@H](C)F. The van der Waals surface area contributed by atoms with Crippen LogP contribution in [-0.4, -0.2) is 17.8 Å². The van der Waals surface area contributed by atoms with E-state index in [2.05, 4.69) is 36.2 Å². The minimum Gasteiger partial charge on any atom is -0.490 e. The van der Waals surface area contributed by atoms with Crippen molar-refractivity contribution in [1.82, 2.24) is 4.98 Å². The van der Waals surface area contributed by atoms with E-state index in [0.717, 1.165) is 23.3 Å². The minimum absolute atomic E-state index is 0.105. The predicted molar refractivity (Wildman–Crippen MR) is 88.3 cm³/mol. The van der Waals surface area contributed by atoms with Crippen LogP contribution in [0.2, 0.25) is 0 Å². The van der Waals surface area contributed by atoms with Gasteiger partial charge in [0.05, 0.1) is 0 Å². The van der Waals surface area contributed by atoms with Gasteiger partial charge >= 0.3 is 0 Å². The standard InChI is InChI=1S/C19H24FNO/c1-13(9-17-5-7-21-8-6-17)18-10-14(2)19(15(3)11-18)22-12-16(4)20/h5-8,10-11,13,16H,9,12H2,1-4H3/t13?,16-/m1/s1. The lowest BCUT2D eigenvalue weighted by atomic mass is 9.91. The Bertz CT molecular complexity index is 587. The van der Waals surface area contributed by atoms with Crippen LogP contribution in [0.4, 0.5) is 4.39 Å². The molecule has 0 saturated heterocycles. The van der Waals surface area contributed by atoms with Crippen molar-refractivity contribution in [3.63, 3.8) is 0 Å². The fourth-order valence-corrected chi connectivity index (χ4v) is 2.68. The first-order valence-corrected chi connectivity index (χ1v) is 7.74. The van der Waals surface area contributed by atoms with Crippen molar-refractivity contribution in [2.45, 2.75) is 46.2 Å². The Hall–Kier alpha value is -1.90. The number of aromatic nitrogens is 1. The number of nitrogens with zero attached hydrogens (tertiary/aromatic N) is 1. The normalized spacial score (nSPS) is 13.7. The molecular weight excluding hydrogens is 277 g/mol. The van der Waals surface area contributed by atoms with Gasteiger partial charge < -0.3 is 4.74 Å². The Morgan fingerprint density at radius 1 is 1.09 bits per heavy atom. The van der Waals surface area contributed by atoms with E-state index in [1.807, 2.05) is 26.2 Å². The number of halogens is 1. The maximum atomic E-state index is 13.0. The Balaban J connectivity index is 2.15. The summed E-state index contributed by atoms with van der Waals surface area (Å²) in [6.07, 6.45) is 3.67. The molecule has 1 aromatic heterocycles. The fraction of sp³-hybridized carbons (Fsp3) is 0.421. The molecule has 0 amide bonds. The van der Waals surface area contributed by atoms with E-state index < -0.39 is 6.17 Å². The van der Waals surface area contributed by atoms with Crippen molar-refractivity contribution in [1.29, 1.82) is 0 Å². The first-order chi connectivity index (χ1) is 10.5. The fourth-order valence-electron chi connectivity index (χ4n) is 2.68. The van der Waals surface area contributed by atoms with E-state index in [9.17, 15) is 4.39 Å². The molecule has 1 heterocycles. The second-order valence-corrected chi connectivity index (χ2v) is 6.04. The van der Waals surface area contributed by atoms with Gasteiger partial charge in [0.15, 0.2) is 0 Å². The number of rotatable bonds is 6. The maximum absolute atomic E-state index is 13.0. The Morgan fingerprint density at radius 3 is 2.23 bits per heavy atom. The van der Waals surface area contributed by atoms with Crippen molar-refractivity contribution in [3.8, 4) is 5.75 Å². The molecular formula is C19H24FNO. The average Bonchev–Trinajstić information content (AvgIpc) is 2.47. The van der Waals surface area contributed by atoms with Gasteiger partial charge in [-0.3, -0.25) is 4.98 Å². The zero-order valence-corrected chi connectivity index (χ0v) is 13.8. The molecule has 0 spiro atoms. The van der Waals surface area contributed by atoms with Crippen LogP contribution in [-0.2, 0) is 6.42 Å². The summed E-state index contributed by atoms with van der Waals surface area (Å²) in [5.74, 6) is 1.22. The number of alkyl halides is 1. The molecule has 0 aliphatic carbocycles. The summed E-state index contributed by atoms with van der Waals surface area (Å²) in [6.45, 7) is 7.88. The number of aryl methyl sites for hydroxylation is 2. The summed E-state index contributed by atoms with van der Waals surface area (Å²) in [7, 11) is 0. The molecule has 1 unspecified atom stereocenters. The van der Waals surface area contributed by atoms with Crippen LogP contribution >= 0.6 is 0 Å². The highest BCUT2D eigenvalue weighted by atomic mass is 19.1. The minimum atomic E-state index is -0.955. The van der Waals surface area contributed by atoms with Gasteiger partial charge in [-0.1, -0.05) is 19.1 Å². The molecule has 0 radical (unpaired) electrons. The van der Waals surface area contributed by atoms with Crippen molar-refractivity contribution in [2.24, 2.45) is 0 Å². The molecule has 0 bridgehead atoms. The van der Waals surface area contributed by atoms with E-state index in [0.29, 0.717) is 5.92 Å².